The summed E-state index contributed by atoms with van der Waals surface area (Å²) in [5.74, 6) is 0.214. The summed E-state index contributed by atoms with van der Waals surface area (Å²) in [6.45, 7) is 1.30. The van der Waals surface area contributed by atoms with Crippen LogP contribution in [0.3, 0.4) is 0 Å². The molecule has 122 valence electrons. The third-order valence-corrected chi connectivity index (χ3v) is 3.77. The van der Waals surface area contributed by atoms with Gasteiger partial charge in [-0.1, -0.05) is 29.3 Å². The summed E-state index contributed by atoms with van der Waals surface area (Å²) in [7, 11) is 3.88. The molecule has 1 aromatic heterocycles. The quantitative estimate of drug-likeness (QED) is 0.835. The van der Waals surface area contributed by atoms with Gasteiger partial charge in [0.1, 0.15) is 0 Å². The van der Waals surface area contributed by atoms with E-state index in [0.717, 1.165) is 6.54 Å². The molecule has 1 heterocycles. The zero-order valence-corrected chi connectivity index (χ0v) is 14.3. The summed E-state index contributed by atoms with van der Waals surface area (Å²) >= 11 is 12.1. The first-order valence-corrected chi connectivity index (χ1v) is 7.70. The molecule has 1 aromatic carbocycles. The normalized spacial score (nSPS) is 10.7. The fraction of sp³-hybridized carbons (Fsp3) is 0.267. The molecule has 0 aliphatic heterocycles. The number of halogens is 2. The maximum atomic E-state index is 11.9. The number of likely N-dealkylation sites (N-methyl/N-ethyl adjacent to an activating group) is 1. The first kappa shape index (κ1) is 17.5. The average Bonchev–Trinajstić information content (AvgIpc) is 2.52. The lowest BCUT2D eigenvalue weighted by Crippen LogP contribution is -2.31. The minimum Gasteiger partial charge on any atom is -0.349 e. The van der Waals surface area contributed by atoms with Gasteiger partial charge in [-0.25, -0.2) is 0 Å². The van der Waals surface area contributed by atoms with Crippen molar-refractivity contribution in [2.24, 2.45) is 0 Å². The predicted octanol–water partition coefficient (Wildman–Crippen LogP) is 2.82. The van der Waals surface area contributed by atoms with Crippen LogP contribution in [-0.4, -0.2) is 48.2 Å². The van der Waals surface area contributed by atoms with E-state index in [1.807, 2.05) is 19.0 Å². The van der Waals surface area contributed by atoms with Gasteiger partial charge in [0.2, 0.25) is 0 Å². The Balaban J connectivity index is 1.99. The Morgan fingerprint density at radius 3 is 2.61 bits per heavy atom. The van der Waals surface area contributed by atoms with Gasteiger partial charge in [0.15, 0.2) is 11.5 Å². The van der Waals surface area contributed by atoms with Gasteiger partial charge in [0.05, 0.1) is 15.7 Å². The maximum Gasteiger partial charge on any atom is 0.271 e. The lowest BCUT2D eigenvalue weighted by atomic mass is 10.3. The molecule has 2 N–H and O–H groups in total. The van der Waals surface area contributed by atoms with Crippen LogP contribution in [0, 0.1) is 0 Å². The number of nitrogens with zero attached hydrogens (tertiary/aromatic N) is 3. The van der Waals surface area contributed by atoms with Crippen molar-refractivity contribution >= 4 is 40.6 Å². The Labute approximate surface area is 144 Å². The Kier molecular flexibility index (Phi) is 6.15. The molecule has 23 heavy (non-hydrogen) atoms. The summed E-state index contributed by atoms with van der Waals surface area (Å²) < 4.78 is 0. The molecule has 0 radical (unpaired) electrons. The van der Waals surface area contributed by atoms with Crippen LogP contribution in [0.25, 0.3) is 0 Å². The first-order chi connectivity index (χ1) is 11.0. The molecule has 2 rings (SSSR count). The summed E-state index contributed by atoms with van der Waals surface area (Å²) in [4.78, 5) is 13.9. The van der Waals surface area contributed by atoms with Gasteiger partial charge >= 0.3 is 0 Å². The van der Waals surface area contributed by atoms with E-state index in [4.69, 9.17) is 23.2 Å². The minimum atomic E-state index is -0.258. The fourth-order valence-corrected chi connectivity index (χ4v) is 2.09. The van der Waals surface area contributed by atoms with E-state index in [1.54, 1.807) is 30.3 Å². The monoisotopic (exact) mass is 353 g/mol. The molecule has 0 bridgehead atoms. The van der Waals surface area contributed by atoms with Gasteiger partial charge in [0, 0.05) is 13.1 Å². The molecule has 6 nitrogen and oxygen atoms in total. The van der Waals surface area contributed by atoms with Crippen LogP contribution in [0.1, 0.15) is 10.5 Å². The largest absolute Gasteiger partial charge is 0.349 e. The number of aromatic nitrogens is 2. The molecule has 0 unspecified atom stereocenters. The number of nitrogens with one attached hydrogen (secondary N) is 2. The van der Waals surface area contributed by atoms with E-state index in [9.17, 15) is 4.79 Å². The average molecular weight is 354 g/mol. The summed E-state index contributed by atoms with van der Waals surface area (Å²) in [5, 5.41) is 14.5. The van der Waals surface area contributed by atoms with E-state index in [-0.39, 0.29) is 11.6 Å². The highest BCUT2D eigenvalue weighted by Crippen LogP contribution is 2.31. The molecule has 0 fully saturated rings. The van der Waals surface area contributed by atoms with E-state index >= 15 is 0 Å². The molecule has 0 saturated carbocycles. The van der Waals surface area contributed by atoms with Crippen LogP contribution < -0.4 is 10.6 Å². The topological polar surface area (TPSA) is 70.2 Å². The van der Waals surface area contributed by atoms with Gasteiger partial charge in [-0.2, -0.15) is 0 Å². The molecule has 8 heteroatoms. The van der Waals surface area contributed by atoms with Crippen molar-refractivity contribution in [1.82, 2.24) is 20.4 Å². The van der Waals surface area contributed by atoms with Crippen molar-refractivity contribution in [3.63, 3.8) is 0 Å². The number of benzene rings is 1. The van der Waals surface area contributed by atoms with Crippen LogP contribution in [0.2, 0.25) is 10.0 Å². The highest BCUT2D eigenvalue weighted by molar-refractivity contribution is 6.43. The molecule has 0 atom stereocenters. The van der Waals surface area contributed by atoms with Gasteiger partial charge in [0.25, 0.3) is 5.91 Å². The zero-order chi connectivity index (χ0) is 16.8. The Hall–Kier alpha value is -1.89. The molecule has 0 aliphatic carbocycles. The molecular formula is C15H17Cl2N5O. The van der Waals surface area contributed by atoms with Crippen molar-refractivity contribution in [2.45, 2.75) is 0 Å². The fourth-order valence-electron chi connectivity index (χ4n) is 1.74. The maximum absolute atomic E-state index is 11.9. The number of carbonyl (C=O) groups excluding carboxylic acids is 1. The standard InChI is InChI=1S/C15H17Cl2N5O/c1-22(2)9-8-18-15(23)12-6-7-13(21-20-12)19-11-5-3-4-10(16)14(11)17/h3-7H,8-9H2,1-2H3,(H,18,23)(H,19,21). The van der Waals surface area contributed by atoms with Crippen molar-refractivity contribution in [3.8, 4) is 0 Å². The van der Waals surface area contributed by atoms with Gasteiger partial charge < -0.3 is 15.5 Å². The van der Waals surface area contributed by atoms with Gasteiger partial charge in [-0.05, 0) is 38.4 Å². The zero-order valence-electron chi connectivity index (χ0n) is 12.8. The number of carbonyl (C=O) groups is 1. The molecule has 0 spiro atoms. The Bertz CT molecular complexity index is 676. The third-order valence-electron chi connectivity index (χ3n) is 2.96. The van der Waals surface area contributed by atoms with Crippen LogP contribution >= 0.6 is 23.2 Å². The lowest BCUT2D eigenvalue weighted by Gasteiger charge is -2.10. The number of rotatable bonds is 6. The first-order valence-electron chi connectivity index (χ1n) is 6.95. The number of hydrogen-bond donors (Lipinski definition) is 2. The smallest absolute Gasteiger partial charge is 0.271 e. The highest BCUT2D eigenvalue weighted by Gasteiger charge is 2.09. The molecule has 1 amide bonds. The Morgan fingerprint density at radius 1 is 1.17 bits per heavy atom. The number of anilines is 2. The summed E-state index contributed by atoms with van der Waals surface area (Å²) in [5.41, 5.74) is 0.878. The second-order valence-corrected chi connectivity index (χ2v) is 5.87. The van der Waals surface area contributed by atoms with E-state index < -0.39 is 0 Å². The van der Waals surface area contributed by atoms with Crippen LogP contribution in [0.4, 0.5) is 11.5 Å². The van der Waals surface area contributed by atoms with Crippen LogP contribution in [0.15, 0.2) is 30.3 Å². The van der Waals surface area contributed by atoms with Gasteiger partial charge in [-0.3, -0.25) is 4.79 Å². The summed E-state index contributed by atoms with van der Waals surface area (Å²) in [6, 6.07) is 8.50. The van der Waals surface area contributed by atoms with E-state index in [1.165, 1.54) is 0 Å². The third kappa shape index (κ3) is 5.06. The predicted molar refractivity (Wildman–Crippen MR) is 92.7 cm³/mol. The number of hydrogen-bond acceptors (Lipinski definition) is 5. The Morgan fingerprint density at radius 2 is 1.96 bits per heavy atom. The summed E-state index contributed by atoms with van der Waals surface area (Å²) in [6.07, 6.45) is 0. The van der Waals surface area contributed by atoms with Crippen LogP contribution in [-0.2, 0) is 0 Å². The van der Waals surface area contributed by atoms with Crippen LogP contribution in [0.5, 0.6) is 0 Å². The molecule has 0 saturated heterocycles. The van der Waals surface area contributed by atoms with E-state index in [2.05, 4.69) is 20.8 Å². The van der Waals surface area contributed by atoms with Crippen molar-refractivity contribution in [3.05, 3.63) is 46.1 Å². The lowest BCUT2D eigenvalue weighted by molar-refractivity contribution is 0.0945. The van der Waals surface area contributed by atoms with E-state index in [0.29, 0.717) is 28.1 Å². The second-order valence-electron chi connectivity index (χ2n) is 5.09. The SMILES string of the molecule is CN(C)CCNC(=O)c1ccc(Nc2cccc(Cl)c2Cl)nn1. The van der Waals surface area contributed by atoms with Crippen molar-refractivity contribution in [2.75, 3.05) is 32.5 Å². The minimum absolute atomic E-state index is 0.256. The van der Waals surface area contributed by atoms with Gasteiger partial charge in [-0.15, -0.1) is 10.2 Å². The molecule has 2 aromatic rings. The van der Waals surface area contributed by atoms with Crippen molar-refractivity contribution in [1.29, 1.82) is 0 Å². The highest BCUT2D eigenvalue weighted by atomic mass is 35.5. The van der Waals surface area contributed by atoms with Crippen molar-refractivity contribution < 1.29 is 4.79 Å². The number of amides is 1. The second kappa shape index (κ2) is 8.10. The molecule has 0 aliphatic rings. The molecular weight excluding hydrogens is 337 g/mol.